The molecule has 0 atom stereocenters. The van der Waals surface area contributed by atoms with Gasteiger partial charge in [0.15, 0.2) is 0 Å². The summed E-state index contributed by atoms with van der Waals surface area (Å²) in [5, 5.41) is 0. The summed E-state index contributed by atoms with van der Waals surface area (Å²) in [6, 6.07) is 9.20. The van der Waals surface area contributed by atoms with Crippen molar-refractivity contribution in [2.24, 2.45) is 5.73 Å². The Balaban J connectivity index is 1.81. The molecule has 0 radical (unpaired) electrons. The van der Waals surface area contributed by atoms with Crippen LogP contribution in [0.1, 0.15) is 49.1 Å². The van der Waals surface area contributed by atoms with Gasteiger partial charge in [0.1, 0.15) is 0 Å². The maximum Gasteiger partial charge on any atom is 0.0557 e. The first-order valence-corrected chi connectivity index (χ1v) is 7.22. The molecule has 1 heterocycles. The SMILES string of the molecule is NCC1(c2ccc(C3COC3)cc2)CCCCC1. The molecule has 1 aliphatic carbocycles. The van der Waals surface area contributed by atoms with E-state index in [9.17, 15) is 0 Å². The van der Waals surface area contributed by atoms with Gasteiger partial charge in [-0.2, -0.15) is 0 Å². The molecule has 2 N–H and O–H groups in total. The van der Waals surface area contributed by atoms with Gasteiger partial charge in [0.2, 0.25) is 0 Å². The molecule has 1 aromatic rings. The summed E-state index contributed by atoms with van der Waals surface area (Å²) < 4.78 is 5.26. The van der Waals surface area contributed by atoms with Gasteiger partial charge in [0, 0.05) is 17.9 Å². The van der Waals surface area contributed by atoms with Crippen LogP contribution in [0.15, 0.2) is 24.3 Å². The van der Waals surface area contributed by atoms with E-state index in [4.69, 9.17) is 10.5 Å². The van der Waals surface area contributed by atoms with Crippen LogP contribution in [-0.2, 0) is 10.2 Å². The van der Waals surface area contributed by atoms with Crippen LogP contribution in [0.2, 0.25) is 0 Å². The highest BCUT2D eigenvalue weighted by molar-refractivity contribution is 5.32. The Bertz CT molecular complexity index is 388. The first kappa shape index (κ1) is 12.2. The Kier molecular flexibility index (Phi) is 3.40. The minimum absolute atomic E-state index is 0.257. The second-order valence-corrected chi connectivity index (χ2v) is 5.90. The summed E-state index contributed by atoms with van der Waals surface area (Å²) in [5.41, 5.74) is 9.22. The maximum atomic E-state index is 6.09. The van der Waals surface area contributed by atoms with Gasteiger partial charge in [-0.25, -0.2) is 0 Å². The Morgan fingerprint density at radius 1 is 1.06 bits per heavy atom. The Morgan fingerprint density at radius 3 is 2.22 bits per heavy atom. The predicted octanol–water partition coefficient (Wildman–Crippen LogP) is 2.96. The molecule has 1 aliphatic heterocycles. The van der Waals surface area contributed by atoms with Crippen molar-refractivity contribution >= 4 is 0 Å². The molecular formula is C16H23NO. The minimum Gasteiger partial charge on any atom is -0.380 e. The highest BCUT2D eigenvalue weighted by Crippen LogP contribution is 2.39. The quantitative estimate of drug-likeness (QED) is 0.888. The van der Waals surface area contributed by atoms with E-state index >= 15 is 0 Å². The van der Waals surface area contributed by atoms with Crippen molar-refractivity contribution in [3.63, 3.8) is 0 Å². The molecule has 0 amide bonds. The number of hydrogen-bond donors (Lipinski definition) is 1. The van der Waals surface area contributed by atoms with Crippen LogP contribution in [0.4, 0.5) is 0 Å². The van der Waals surface area contributed by atoms with Crippen LogP contribution in [0.3, 0.4) is 0 Å². The molecule has 98 valence electrons. The van der Waals surface area contributed by atoms with Crippen LogP contribution in [0, 0.1) is 0 Å². The number of benzene rings is 1. The zero-order chi connectivity index (χ0) is 12.4. The second-order valence-electron chi connectivity index (χ2n) is 5.90. The summed E-state index contributed by atoms with van der Waals surface area (Å²) in [4.78, 5) is 0. The van der Waals surface area contributed by atoms with Gasteiger partial charge in [-0.05, 0) is 24.0 Å². The number of rotatable bonds is 3. The lowest BCUT2D eigenvalue weighted by molar-refractivity contribution is 0.00841. The average Bonchev–Trinajstić information content (AvgIpc) is 2.38. The van der Waals surface area contributed by atoms with Gasteiger partial charge >= 0.3 is 0 Å². The predicted molar refractivity (Wildman–Crippen MR) is 73.8 cm³/mol. The normalized spacial score (nSPS) is 23.6. The second kappa shape index (κ2) is 5.02. The molecule has 2 aliphatic rings. The van der Waals surface area contributed by atoms with Crippen molar-refractivity contribution in [1.82, 2.24) is 0 Å². The molecule has 0 aromatic heterocycles. The maximum absolute atomic E-state index is 6.09. The van der Waals surface area contributed by atoms with E-state index in [-0.39, 0.29) is 5.41 Å². The molecular weight excluding hydrogens is 222 g/mol. The Morgan fingerprint density at radius 2 is 1.72 bits per heavy atom. The molecule has 1 saturated carbocycles. The van der Waals surface area contributed by atoms with Crippen molar-refractivity contribution in [1.29, 1.82) is 0 Å². The highest BCUT2D eigenvalue weighted by atomic mass is 16.5. The molecule has 18 heavy (non-hydrogen) atoms. The topological polar surface area (TPSA) is 35.2 Å². The van der Waals surface area contributed by atoms with E-state index in [0.717, 1.165) is 19.8 Å². The third kappa shape index (κ3) is 2.08. The van der Waals surface area contributed by atoms with Crippen molar-refractivity contribution in [2.45, 2.75) is 43.4 Å². The fourth-order valence-corrected chi connectivity index (χ4v) is 3.38. The molecule has 0 bridgehead atoms. The first-order valence-electron chi connectivity index (χ1n) is 7.22. The van der Waals surface area contributed by atoms with E-state index in [1.54, 1.807) is 0 Å². The van der Waals surface area contributed by atoms with Crippen molar-refractivity contribution < 1.29 is 4.74 Å². The lowest BCUT2D eigenvalue weighted by Crippen LogP contribution is -2.37. The minimum atomic E-state index is 0.257. The zero-order valence-electron chi connectivity index (χ0n) is 11.0. The average molecular weight is 245 g/mol. The largest absolute Gasteiger partial charge is 0.380 e. The van der Waals surface area contributed by atoms with Gasteiger partial charge in [0.25, 0.3) is 0 Å². The zero-order valence-corrected chi connectivity index (χ0v) is 11.0. The number of hydrogen-bond acceptors (Lipinski definition) is 2. The van der Waals surface area contributed by atoms with Crippen molar-refractivity contribution in [3.05, 3.63) is 35.4 Å². The van der Waals surface area contributed by atoms with Crippen molar-refractivity contribution in [3.8, 4) is 0 Å². The number of ether oxygens (including phenoxy) is 1. The molecule has 1 saturated heterocycles. The fraction of sp³-hybridized carbons (Fsp3) is 0.625. The van der Waals surface area contributed by atoms with E-state index in [2.05, 4.69) is 24.3 Å². The van der Waals surface area contributed by atoms with E-state index in [1.165, 1.54) is 43.2 Å². The highest BCUT2D eigenvalue weighted by Gasteiger charge is 2.32. The van der Waals surface area contributed by atoms with Crippen LogP contribution in [0.25, 0.3) is 0 Å². The molecule has 2 heteroatoms. The van der Waals surface area contributed by atoms with Gasteiger partial charge < -0.3 is 10.5 Å². The third-order valence-corrected chi connectivity index (χ3v) is 4.83. The van der Waals surface area contributed by atoms with Crippen LogP contribution >= 0.6 is 0 Å². The standard InChI is InChI=1S/C16H23NO/c17-12-16(8-2-1-3-9-16)15-6-4-13(5-7-15)14-10-18-11-14/h4-7,14H,1-3,8-12,17H2. The lowest BCUT2D eigenvalue weighted by atomic mass is 9.69. The Labute approximate surface area is 110 Å². The summed E-state index contributed by atoms with van der Waals surface area (Å²) in [6.45, 7) is 2.57. The van der Waals surface area contributed by atoms with Crippen molar-refractivity contribution in [2.75, 3.05) is 19.8 Å². The van der Waals surface area contributed by atoms with E-state index in [0.29, 0.717) is 5.92 Å². The fourth-order valence-electron chi connectivity index (χ4n) is 3.38. The lowest BCUT2D eigenvalue weighted by Gasteiger charge is -2.37. The van der Waals surface area contributed by atoms with Gasteiger partial charge in [-0.1, -0.05) is 43.5 Å². The summed E-state index contributed by atoms with van der Waals surface area (Å²) in [7, 11) is 0. The summed E-state index contributed by atoms with van der Waals surface area (Å²) in [6.07, 6.45) is 6.55. The molecule has 0 spiro atoms. The first-order chi connectivity index (χ1) is 8.84. The van der Waals surface area contributed by atoms with Crippen LogP contribution in [0.5, 0.6) is 0 Å². The summed E-state index contributed by atoms with van der Waals surface area (Å²) >= 11 is 0. The van der Waals surface area contributed by atoms with Gasteiger partial charge in [-0.3, -0.25) is 0 Å². The molecule has 1 aromatic carbocycles. The number of nitrogens with two attached hydrogens (primary N) is 1. The molecule has 0 unspecified atom stereocenters. The molecule has 3 rings (SSSR count). The monoisotopic (exact) mass is 245 g/mol. The van der Waals surface area contributed by atoms with Gasteiger partial charge in [-0.15, -0.1) is 0 Å². The summed E-state index contributed by atoms with van der Waals surface area (Å²) in [5.74, 6) is 0.624. The van der Waals surface area contributed by atoms with E-state index in [1.807, 2.05) is 0 Å². The van der Waals surface area contributed by atoms with Gasteiger partial charge in [0.05, 0.1) is 13.2 Å². The smallest absolute Gasteiger partial charge is 0.0557 e. The third-order valence-electron chi connectivity index (χ3n) is 4.83. The van der Waals surface area contributed by atoms with Crippen LogP contribution < -0.4 is 5.73 Å². The Hall–Kier alpha value is -0.860. The van der Waals surface area contributed by atoms with Crippen LogP contribution in [-0.4, -0.2) is 19.8 Å². The molecule has 2 nitrogen and oxygen atoms in total. The molecule has 2 fully saturated rings. The van der Waals surface area contributed by atoms with E-state index < -0.39 is 0 Å².